The lowest BCUT2D eigenvalue weighted by atomic mass is 10.2. The molecule has 0 heterocycles. The highest BCUT2D eigenvalue weighted by atomic mass is 35.5. The van der Waals surface area contributed by atoms with Crippen LogP contribution in [-0.4, -0.2) is 18.9 Å². The Kier molecular flexibility index (Phi) is 5.42. The fourth-order valence-electron chi connectivity index (χ4n) is 2.70. The summed E-state index contributed by atoms with van der Waals surface area (Å²) in [5, 5.41) is 6.01. The summed E-state index contributed by atoms with van der Waals surface area (Å²) in [4.78, 5) is 24.5. The van der Waals surface area contributed by atoms with Crippen molar-refractivity contribution in [3.8, 4) is 5.75 Å². The van der Waals surface area contributed by atoms with E-state index in [1.54, 1.807) is 30.3 Å². The van der Waals surface area contributed by atoms with Gasteiger partial charge in [0.2, 0.25) is 11.8 Å². The van der Waals surface area contributed by atoms with Crippen LogP contribution in [0, 0.1) is 17.7 Å². The Morgan fingerprint density at radius 3 is 2.54 bits per heavy atom. The molecule has 0 bridgehead atoms. The largest absolute Gasteiger partial charge is 0.495 e. The Morgan fingerprint density at radius 1 is 1.15 bits per heavy atom. The maximum absolute atomic E-state index is 12.9. The molecule has 0 saturated heterocycles. The van der Waals surface area contributed by atoms with Crippen LogP contribution in [0.2, 0.25) is 5.02 Å². The van der Waals surface area contributed by atoms with Gasteiger partial charge in [0.05, 0.1) is 24.6 Å². The molecule has 2 unspecified atom stereocenters. The molecule has 0 aromatic heterocycles. The Hall–Kier alpha value is -2.60. The fourth-order valence-corrected chi connectivity index (χ4v) is 2.87. The minimum atomic E-state index is -0.382. The molecule has 7 heteroatoms. The molecule has 5 nitrogen and oxygen atoms in total. The summed E-state index contributed by atoms with van der Waals surface area (Å²) in [5.41, 5.74) is 1.27. The molecular weight excluding hydrogens is 359 g/mol. The lowest BCUT2D eigenvalue weighted by molar-refractivity contribution is -0.125. The summed E-state index contributed by atoms with van der Waals surface area (Å²) >= 11 is 5.95. The highest BCUT2D eigenvalue weighted by Crippen LogP contribution is 2.40. The third-order valence-corrected chi connectivity index (χ3v) is 4.50. The first-order chi connectivity index (χ1) is 12.5. The van der Waals surface area contributed by atoms with Gasteiger partial charge in [-0.25, -0.2) is 4.39 Å². The fraction of sp³-hybridized carbons (Fsp3) is 0.263. The minimum absolute atomic E-state index is 0.187. The number of methoxy groups -OCH3 is 1. The normalized spacial score (nSPS) is 18.1. The van der Waals surface area contributed by atoms with Gasteiger partial charge in [0.1, 0.15) is 11.6 Å². The third-order valence-electron chi connectivity index (χ3n) is 4.26. The van der Waals surface area contributed by atoms with Crippen molar-refractivity contribution in [2.24, 2.45) is 11.8 Å². The van der Waals surface area contributed by atoms with Crippen LogP contribution in [0.25, 0.3) is 0 Å². The summed E-state index contributed by atoms with van der Waals surface area (Å²) in [6.45, 7) is 0.298. The average Bonchev–Trinajstić information content (AvgIpc) is 3.42. The molecule has 26 heavy (non-hydrogen) atoms. The van der Waals surface area contributed by atoms with E-state index in [0.29, 0.717) is 29.4 Å². The van der Waals surface area contributed by atoms with Crippen LogP contribution < -0.4 is 15.4 Å². The van der Waals surface area contributed by atoms with Gasteiger partial charge in [-0.05, 0) is 42.3 Å². The van der Waals surface area contributed by atoms with Gasteiger partial charge < -0.3 is 15.4 Å². The van der Waals surface area contributed by atoms with Gasteiger partial charge in [0, 0.05) is 11.6 Å². The molecule has 2 amide bonds. The van der Waals surface area contributed by atoms with Crippen molar-refractivity contribution in [2.45, 2.75) is 13.0 Å². The van der Waals surface area contributed by atoms with Crippen molar-refractivity contribution >= 4 is 29.1 Å². The molecule has 2 atom stereocenters. The summed E-state index contributed by atoms with van der Waals surface area (Å²) < 4.78 is 18.1. The second-order valence-electron chi connectivity index (χ2n) is 6.13. The van der Waals surface area contributed by atoms with Crippen molar-refractivity contribution in [3.05, 3.63) is 58.9 Å². The maximum atomic E-state index is 12.9. The zero-order valence-electron chi connectivity index (χ0n) is 14.1. The summed E-state index contributed by atoms with van der Waals surface area (Å²) in [5.74, 6) is -0.997. The molecule has 1 aliphatic carbocycles. The number of hydrogen-bond donors (Lipinski definition) is 2. The van der Waals surface area contributed by atoms with Crippen LogP contribution >= 0.6 is 11.6 Å². The molecule has 0 radical (unpaired) electrons. The zero-order chi connectivity index (χ0) is 18.7. The van der Waals surface area contributed by atoms with Crippen LogP contribution in [0.3, 0.4) is 0 Å². The first kappa shape index (κ1) is 18.2. The molecule has 3 rings (SSSR count). The maximum Gasteiger partial charge on any atom is 0.228 e. The van der Waals surface area contributed by atoms with E-state index in [4.69, 9.17) is 16.3 Å². The van der Waals surface area contributed by atoms with E-state index in [9.17, 15) is 14.0 Å². The molecule has 136 valence electrons. The van der Waals surface area contributed by atoms with Gasteiger partial charge in [-0.1, -0.05) is 23.7 Å². The number of carbonyl (C=O) groups excluding carboxylic acids is 2. The lowest BCUT2D eigenvalue weighted by Crippen LogP contribution is -2.27. The molecular formula is C19H18ClFN2O3. The topological polar surface area (TPSA) is 67.4 Å². The van der Waals surface area contributed by atoms with Gasteiger partial charge in [-0.3, -0.25) is 9.59 Å². The number of nitrogens with one attached hydrogen (secondary N) is 2. The predicted molar refractivity (Wildman–Crippen MR) is 96.5 cm³/mol. The van der Waals surface area contributed by atoms with Crippen molar-refractivity contribution in [2.75, 3.05) is 12.4 Å². The van der Waals surface area contributed by atoms with Gasteiger partial charge in [0.15, 0.2) is 0 Å². The zero-order valence-corrected chi connectivity index (χ0v) is 14.8. The average molecular weight is 377 g/mol. The molecule has 0 aliphatic heterocycles. The van der Waals surface area contributed by atoms with E-state index >= 15 is 0 Å². The summed E-state index contributed by atoms with van der Waals surface area (Å²) in [6, 6.07) is 10.8. The van der Waals surface area contributed by atoms with Crippen LogP contribution in [0.4, 0.5) is 10.1 Å². The molecule has 1 aliphatic rings. The van der Waals surface area contributed by atoms with E-state index in [2.05, 4.69) is 10.6 Å². The van der Waals surface area contributed by atoms with E-state index in [0.717, 1.165) is 5.56 Å². The third kappa shape index (κ3) is 4.32. The second kappa shape index (κ2) is 7.74. The van der Waals surface area contributed by atoms with Crippen LogP contribution in [0.5, 0.6) is 5.75 Å². The Bertz CT molecular complexity index is 826. The van der Waals surface area contributed by atoms with Gasteiger partial charge in [-0.15, -0.1) is 0 Å². The predicted octanol–water partition coefficient (Wildman–Crippen LogP) is 3.38. The Morgan fingerprint density at radius 2 is 1.85 bits per heavy atom. The highest BCUT2D eigenvalue weighted by molar-refractivity contribution is 6.31. The Labute approximate surface area is 155 Å². The summed E-state index contributed by atoms with van der Waals surface area (Å²) in [6.07, 6.45) is 0.490. The van der Waals surface area contributed by atoms with E-state index in [1.807, 2.05) is 0 Å². The molecule has 1 fully saturated rings. The first-order valence-electron chi connectivity index (χ1n) is 8.14. The number of rotatable bonds is 6. The number of ether oxygens (including phenoxy) is 1. The van der Waals surface area contributed by atoms with E-state index in [-0.39, 0.29) is 29.5 Å². The minimum Gasteiger partial charge on any atom is -0.495 e. The van der Waals surface area contributed by atoms with Gasteiger partial charge in [-0.2, -0.15) is 0 Å². The number of benzene rings is 2. The van der Waals surface area contributed by atoms with E-state index < -0.39 is 0 Å². The van der Waals surface area contributed by atoms with Crippen LogP contribution in [0.15, 0.2) is 42.5 Å². The molecule has 2 N–H and O–H groups in total. The lowest BCUT2D eigenvalue weighted by Gasteiger charge is -2.10. The monoisotopic (exact) mass is 376 g/mol. The number of amides is 2. The Balaban J connectivity index is 1.53. The van der Waals surface area contributed by atoms with Gasteiger partial charge in [0.25, 0.3) is 0 Å². The molecule has 2 aromatic carbocycles. The smallest absolute Gasteiger partial charge is 0.228 e. The summed E-state index contributed by atoms with van der Waals surface area (Å²) in [7, 11) is 1.50. The number of halogens is 2. The van der Waals surface area contributed by atoms with Crippen LogP contribution in [-0.2, 0) is 16.1 Å². The standard InChI is InChI=1S/C19H18ClFN2O3/c1-26-17-7-4-12(20)8-16(17)23-19(25)15-9-14(15)18(24)22-10-11-2-5-13(21)6-3-11/h2-8,14-15H,9-10H2,1H3,(H,22,24)(H,23,25). The van der Waals surface area contributed by atoms with Crippen molar-refractivity contribution in [1.29, 1.82) is 0 Å². The van der Waals surface area contributed by atoms with Crippen molar-refractivity contribution in [1.82, 2.24) is 5.32 Å². The molecule has 2 aromatic rings. The number of hydrogen-bond acceptors (Lipinski definition) is 3. The molecule has 0 spiro atoms. The molecule has 1 saturated carbocycles. The van der Waals surface area contributed by atoms with E-state index in [1.165, 1.54) is 19.2 Å². The first-order valence-corrected chi connectivity index (χ1v) is 8.52. The number of anilines is 1. The SMILES string of the molecule is COc1ccc(Cl)cc1NC(=O)C1CC1C(=O)NCc1ccc(F)cc1. The number of carbonyl (C=O) groups is 2. The van der Waals surface area contributed by atoms with Crippen molar-refractivity contribution < 1.29 is 18.7 Å². The highest BCUT2D eigenvalue weighted by Gasteiger charge is 2.48. The van der Waals surface area contributed by atoms with Crippen LogP contribution in [0.1, 0.15) is 12.0 Å². The quantitative estimate of drug-likeness (QED) is 0.812. The van der Waals surface area contributed by atoms with Gasteiger partial charge >= 0.3 is 0 Å². The second-order valence-corrected chi connectivity index (χ2v) is 6.56. The van der Waals surface area contributed by atoms with Crippen molar-refractivity contribution in [3.63, 3.8) is 0 Å².